The van der Waals surface area contributed by atoms with Crippen LogP contribution in [0.4, 0.5) is 0 Å². The van der Waals surface area contributed by atoms with Crippen LogP contribution in [0.5, 0.6) is 0 Å². The lowest BCUT2D eigenvalue weighted by atomic mass is 9.92. The molecule has 1 aromatic rings. The first-order valence-electron chi connectivity index (χ1n) is 9.07. The fraction of sp³-hybridized carbons (Fsp3) is 0.550. The van der Waals surface area contributed by atoms with E-state index in [1.165, 1.54) is 7.11 Å². The minimum absolute atomic E-state index is 0.0703. The van der Waals surface area contributed by atoms with Crippen LogP contribution in [0, 0.1) is 5.41 Å². The molecule has 7 nitrogen and oxygen atoms in total. The maximum absolute atomic E-state index is 12.6. The second-order valence-corrected chi connectivity index (χ2v) is 7.79. The van der Waals surface area contributed by atoms with Crippen LogP contribution in [0.25, 0.3) is 0 Å². The Morgan fingerprint density at radius 3 is 2.33 bits per heavy atom. The van der Waals surface area contributed by atoms with Crippen molar-refractivity contribution in [2.24, 2.45) is 5.41 Å². The van der Waals surface area contributed by atoms with Crippen LogP contribution in [-0.4, -0.2) is 43.6 Å². The van der Waals surface area contributed by atoms with Crippen molar-refractivity contribution in [2.75, 3.05) is 13.7 Å². The highest BCUT2D eigenvalue weighted by Gasteiger charge is 2.29. The van der Waals surface area contributed by atoms with Crippen molar-refractivity contribution in [2.45, 2.75) is 52.1 Å². The highest BCUT2D eigenvalue weighted by Crippen LogP contribution is 2.16. The average molecular weight is 378 g/mol. The Hall–Kier alpha value is -2.41. The molecule has 2 atom stereocenters. The van der Waals surface area contributed by atoms with Gasteiger partial charge in [0.15, 0.2) is 6.04 Å². The van der Waals surface area contributed by atoms with Crippen LogP contribution in [0.3, 0.4) is 0 Å². The van der Waals surface area contributed by atoms with Crippen molar-refractivity contribution < 1.29 is 29.5 Å². The summed E-state index contributed by atoms with van der Waals surface area (Å²) >= 11 is 0. The van der Waals surface area contributed by atoms with E-state index in [4.69, 9.17) is 4.74 Å². The summed E-state index contributed by atoms with van der Waals surface area (Å²) in [5, 5.41) is 15.4. The second-order valence-electron chi connectivity index (χ2n) is 7.79. The molecule has 1 rings (SSSR count). The first-order chi connectivity index (χ1) is 12.6. The van der Waals surface area contributed by atoms with Gasteiger partial charge in [-0.3, -0.25) is 4.79 Å². The highest BCUT2D eigenvalue weighted by molar-refractivity contribution is 5.88. The molecule has 0 aromatic heterocycles. The summed E-state index contributed by atoms with van der Waals surface area (Å²) in [5.41, 5.74) is 0.933. The second kappa shape index (κ2) is 10.7. The molecular weight excluding hydrogens is 348 g/mol. The average Bonchev–Trinajstić information content (AvgIpc) is 2.59. The van der Waals surface area contributed by atoms with E-state index in [0.717, 1.165) is 12.0 Å². The van der Waals surface area contributed by atoms with E-state index in [0.29, 0.717) is 6.54 Å². The summed E-state index contributed by atoms with van der Waals surface area (Å²) in [6.45, 7) is 6.81. The SMILES string of the molecule is COC(=O)[C@@H](Cc1ccccc1)NC(=O)[C@@H](CC(=O)[O-])[NH2+]CCC(C)(C)C. The Morgan fingerprint density at radius 2 is 1.81 bits per heavy atom. The minimum Gasteiger partial charge on any atom is -0.550 e. The number of methoxy groups -OCH3 is 1. The fourth-order valence-corrected chi connectivity index (χ4v) is 2.64. The minimum atomic E-state index is -1.31. The maximum Gasteiger partial charge on any atom is 0.328 e. The Bertz CT molecular complexity index is 625. The molecule has 0 radical (unpaired) electrons. The standard InChI is InChI=1S/C20H30N2O5/c1-20(2,3)10-11-21-15(13-17(23)24)18(25)22-16(19(26)27-4)12-14-8-6-5-7-9-14/h5-9,15-16,21H,10-13H2,1-4H3,(H,22,25)(H,23,24)/t15-,16-/m1/s1. The predicted molar refractivity (Wildman–Crippen MR) is 98.4 cm³/mol. The van der Waals surface area contributed by atoms with Crippen LogP contribution in [0.15, 0.2) is 30.3 Å². The molecule has 0 aliphatic heterocycles. The number of hydrogen-bond acceptors (Lipinski definition) is 5. The molecule has 1 aromatic carbocycles. The topological polar surface area (TPSA) is 112 Å². The number of nitrogens with two attached hydrogens (primary N) is 1. The third-order valence-corrected chi connectivity index (χ3v) is 4.15. The van der Waals surface area contributed by atoms with Crippen LogP contribution in [0.2, 0.25) is 0 Å². The molecule has 7 heteroatoms. The van der Waals surface area contributed by atoms with E-state index in [-0.39, 0.29) is 11.8 Å². The summed E-state index contributed by atoms with van der Waals surface area (Å²) in [5.74, 6) is -2.40. The number of benzene rings is 1. The monoisotopic (exact) mass is 378 g/mol. The molecule has 150 valence electrons. The van der Waals surface area contributed by atoms with Gasteiger partial charge in [0.2, 0.25) is 0 Å². The van der Waals surface area contributed by atoms with E-state index >= 15 is 0 Å². The van der Waals surface area contributed by atoms with E-state index in [9.17, 15) is 19.5 Å². The summed E-state index contributed by atoms with van der Waals surface area (Å²) in [6, 6.07) is 7.47. The zero-order valence-electron chi connectivity index (χ0n) is 16.5. The lowest BCUT2D eigenvalue weighted by molar-refractivity contribution is -0.678. The van der Waals surface area contributed by atoms with E-state index in [1.807, 2.05) is 30.3 Å². The van der Waals surface area contributed by atoms with E-state index < -0.39 is 36.4 Å². The number of esters is 1. The number of ether oxygens (including phenoxy) is 1. The molecule has 0 spiro atoms. The van der Waals surface area contributed by atoms with Crippen molar-refractivity contribution in [3.63, 3.8) is 0 Å². The third kappa shape index (κ3) is 9.19. The third-order valence-electron chi connectivity index (χ3n) is 4.15. The van der Waals surface area contributed by atoms with Gasteiger partial charge in [-0.05, 0) is 11.0 Å². The highest BCUT2D eigenvalue weighted by atomic mass is 16.5. The molecule has 0 fully saturated rings. The molecule has 0 unspecified atom stereocenters. The van der Waals surface area contributed by atoms with Gasteiger partial charge in [0, 0.05) is 25.2 Å². The number of aliphatic carboxylic acids is 1. The van der Waals surface area contributed by atoms with Gasteiger partial charge in [0.1, 0.15) is 6.04 Å². The fourth-order valence-electron chi connectivity index (χ4n) is 2.64. The van der Waals surface area contributed by atoms with Crippen LogP contribution >= 0.6 is 0 Å². The van der Waals surface area contributed by atoms with Gasteiger partial charge >= 0.3 is 5.97 Å². The lowest BCUT2D eigenvalue weighted by Gasteiger charge is -2.22. The first-order valence-corrected chi connectivity index (χ1v) is 9.07. The lowest BCUT2D eigenvalue weighted by Crippen LogP contribution is -2.93. The maximum atomic E-state index is 12.6. The largest absolute Gasteiger partial charge is 0.550 e. The molecule has 0 aliphatic rings. The Morgan fingerprint density at radius 1 is 1.19 bits per heavy atom. The molecule has 1 amide bonds. The molecule has 0 saturated heterocycles. The Labute approximate surface area is 160 Å². The predicted octanol–water partition coefficient (Wildman–Crippen LogP) is -0.605. The molecule has 0 aliphatic carbocycles. The van der Waals surface area contributed by atoms with Crippen LogP contribution in [-0.2, 0) is 25.5 Å². The van der Waals surface area contributed by atoms with Gasteiger partial charge in [-0.1, -0.05) is 51.1 Å². The van der Waals surface area contributed by atoms with Gasteiger partial charge in [0.05, 0.1) is 13.7 Å². The quantitative estimate of drug-likeness (QED) is 0.528. The summed E-state index contributed by atoms with van der Waals surface area (Å²) in [7, 11) is 1.25. The van der Waals surface area contributed by atoms with Crippen molar-refractivity contribution in [3.05, 3.63) is 35.9 Å². The summed E-state index contributed by atoms with van der Waals surface area (Å²) in [6.07, 6.45) is 0.656. The van der Waals surface area contributed by atoms with Crippen molar-refractivity contribution >= 4 is 17.8 Å². The van der Waals surface area contributed by atoms with Gasteiger partial charge in [-0.2, -0.15) is 0 Å². The Kier molecular flexibility index (Phi) is 8.94. The Balaban J connectivity index is 2.80. The van der Waals surface area contributed by atoms with Gasteiger partial charge < -0.3 is 25.3 Å². The van der Waals surface area contributed by atoms with Gasteiger partial charge in [-0.15, -0.1) is 0 Å². The summed E-state index contributed by atoms with van der Waals surface area (Å²) < 4.78 is 4.78. The smallest absolute Gasteiger partial charge is 0.328 e. The summed E-state index contributed by atoms with van der Waals surface area (Å²) in [4.78, 5) is 35.7. The van der Waals surface area contributed by atoms with E-state index in [1.54, 1.807) is 5.32 Å². The number of carbonyl (C=O) groups excluding carboxylic acids is 3. The molecule has 0 heterocycles. The molecule has 3 N–H and O–H groups in total. The van der Waals surface area contributed by atoms with Crippen molar-refractivity contribution in [1.29, 1.82) is 0 Å². The van der Waals surface area contributed by atoms with Crippen LogP contribution in [0.1, 0.15) is 39.2 Å². The normalized spacial score (nSPS) is 13.5. The zero-order chi connectivity index (χ0) is 20.4. The van der Waals surface area contributed by atoms with Crippen molar-refractivity contribution in [1.82, 2.24) is 5.32 Å². The molecule has 27 heavy (non-hydrogen) atoms. The number of amides is 1. The number of rotatable bonds is 10. The van der Waals surface area contributed by atoms with E-state index in [2.05, 4.69) is 26.1 Å². The van der Waals surface area contributed by atoms with Gasteiger partial charge in [-0.25, -0.2) is 4.79 Å². The number of quaternary nitrogens is 1. The van der Waals surface area contributed by atoms with Crippen molar-refractivity contribution in [3.8, 4) is 0 Å². The number of carboxylic acid groups (broad SMARTS) is 1. The molecular formula is C20H30N2O5. The van der Waals surface area contributed by atoms with Gasteiger partial charge in [0.25, 0.3) is 5.91 Å². The molecule has 0 saturated carbocycles. The van der Waals surface area contributed by atoms with Crippen LogP contribution < -0.4 is 15.7 Å². The first kappa shape index (κ1) is 22.6. The number of carbonyl (C=O) groups is 3. The zero-order valence-corrected chi connectivity index (χ0v) is 16.5. The number of carboxylic acids is 1. The number of nitrogens with one attached hydrogen (secondary N) is 1. The number of hydrogen-bond donors (Lipinski definition) is 2. The molecule has 0 bridgehead atoms.